The average molecular weight is 344 g/mol. The molecule has 2 aromatic rings. The van der Waals surface area contributed by atoms with Crippen LogP contribution >= 0.6 is 0 Å². The summed E-state index contributed by atoms with van der Waals surface area (Å²) < 4.78 is 10.3. The third-order valence-corrected chi connectivity index (χ3v) is 3.74. The molecule has 0 fully saturated rings. The minimum absolute atomic E-state index is 0.0553. The molecule has 0 radical (unpaired) electrons. The highest BCUT2D eigenvalue weighted by molar-refractivity contribution is 5.96. The van der Waals surface area contributed by atoms with Gasteiger partial charge in [-0.2, -0.15) is 0 Å². The van der Waals surface area contributed by atoms with E-state index in [-0.39, 0.29) is 24.4 Å². The Hall–Kier alpha value is -2.63. The van der Waals surface area contributed by atoms with Crippen LogP contribution in [0.1, 0.15) is 60.6 Å². The van der Waals surface area contributed by atoms with Crippen LogP contribution in [-0.2, 0) is 16.0 Å². The van der Waals surface area contributed by atoms with Gasteiger partial charge in [0.05, 0.1) is 24.3 Å². The molecule has 25 heavy (non-hydrogen) atoms. The quantitative estimate of drug-likeness (QED) is 0.779. The molecule has 1 atom stereocenters. The Morgan fingerprint density at radius 2 is 1.92 bits per heavy atom. The van der Waals surface area contributed by atoms with E-state index >= 15 is 0 Å². The second-order valence-corrected chi connectivity index (χ2v) is 6.09. The Morgan fingerprint density at radius 1 is 1.24 bits per heavy atom. The first-order chi connectivity index (χ1) is 11.9. The van der Waals surface area contributed by atoms with Crippen molar-refractivity contribution in [3.63, 3.8) is 0 Å². The number of carbonyl (C=O) groups excluding carboxylic acids is 2. The molecule has 1 N–H and O–H groups in total. The summed E-state index contributed by atoms with van der Waals surface area (Å²) in [6.45, 7) is 7.19. The van der Waals surface area contributed by atoms with Gasteiger partial charge in [0, 0.05) is 0 Å². The summed E-state index contributed by atoms with van der Waals surface area (Å²) in [7, 11) is 0. The summed E-state index contributed by atoms with van der Waals surface area (Å²) in [5.41, 5.74) is 1.87. The van der Waals surface area contributed by atoms with E-state index in [1.807, 2.05) is 37.3 Å². The standard InChI is InChI=1S/C19H24N2O4/c1-5-15-18(13(4)25-21-15)19(23)20-16(11-17(22)24-12(2)3)14-9-7-6-8-10-14/h6-10,12,16H,5,11H2,1-4H3,(H,20,23). The summed E-state index contributed by atoms with van der Waals surface area (Å²) in [6.07, 6.45) is 0.442. The van der Waals surface area contributed by atoms with Gasteiger partial charge in [-0.15, -0.1) is 0 Å². The molecule has 1 unspecified atom stereocenters. The topological polar surface area (TPSA) is 81.4 Å². The van der Waals surface area contributed by atoms with Crippen molar-refractivity contribution in [1.82, 2.24) is 10.5 Å². The number of hydrogen-bond acceptors (Lipinski definition) is 5. The van der Waals surface area contributed by atoms with E-state index in [2.05, 4.69) is 10.5 Å². The molecule has 0 aliphatic carbocycles. The molecule has 0 spiro atoms. The number of aryl methyl sites for hydroxylation is 2. The molecule has 6 heteroatoms. The molecule has 0 saturated carbocycles. The number of carbonyl (C=O) groups is 2. The van der Waals surface area contributed by atoms with Crippen LogP contribution < -0.4 is 5.32 Å². The van der Waals surface area contributed by atoms with Crippen molar-refractivity contribution in [2.24, 2.45) is 0 Å². The largest absolute Gasteiger partial charge is 0.463 e. The summed E-state index contributed by atoms with van der Waals surface area (Å²) in [5, 5.41) is 6.82. The van der Waals surface area contributed by atoms with Crippen molar-refractivity contribution in [1.29, 1.82) is 0 Å². The SMILES string of the molecule is CCc1noc(C)c1C(=O)NC(CC(=O)OC(C)C)c1ccccc1. The highest BCUT2D eigenvalue weighted by Gasteiger charge is 2.24. The lowest BCUT2D eigenvalue weighted by Crippen LogP contribution is -2.31. The summed E-state index contributed by atoms with van der Waals surface area (Å²) in [6, 6.07) is 8.87. The number of benzene rings is 1. The maximum absolute atomic E-state index is 12.7. The van der Waals surface area contributed by atoms with Crippen molar-refractivity contribution < 1.29 is 18.8 Å². The van der Waals surface area contributed by atoms with Gasteiger partial charge in [0.2, 0.25) is 0 Å². The lowest BCUT2D eigenvalue weighted by Gasteiger charge is -2.19. The summed E-state index contributed by atoms with van der Waals surface area (Å²) in [5.74, 6) is -0.199. The predicted octanol–water partition coefficient (Wildman–Crippen LogP) is 3.36. The van der Waals surface area contributed by atoms with Crippen molar-refractivity contribution in [2.75, 3.05) is 0 Å². The van der Waals surface area contributed by atoms with Gasteiger partial charge in [-0.3, -0.25) is 9.59 Å². The molecule has 0 saturated heterocycles. The number of rotatable bonds is 7. The zero-order chi connectivity index (χ0) is 18.4. The van der Waals surface area contributed by atoms with Crippen LogP contribution in [-0.4, -0.2) is 23.1 Å². The Morgan fingerprint density at radius 3 is 2.52 bits per heavy atom. The normalized spacial score (nSPS) is 12.0. The van der Waals surface area contributed by atoms with E-state index in [1.54, 1.807) is 20.8 Å². The Bertz CT molecular complexity index is 722. The van der Waals surface area contributed by atoms with Crippen LogP contribution in [0.5, 0.6) is 0 Å². The maximum atomic E-state index is 12.7. The van der Waals surface area contributed by atoms with Crippen LogP contribution in [0.15, 0.2) is 34.9 Å². The van der Waals surface area contributed by atoms with Gasteiger partial charge in [0.1, 0.15) is 11.3 Å². The molecule has 1 amide bonds. The number of amides is 1. The Labute approximate surface area is 147 Å². The molecule has 1 heterocycles. The lowest BCUT2D eigenvalue weighted by molar-refractivity contribution is -0.147. The van der Waals surface area contributed by atoms with Crippen LogP contribution in [0.25, 0.3) is 0 Å². The van der Waals surface area contributed by atoms with Crippen molar-refractivity contribution in [2.45, 2.75) is 52.7 Å². The fraction of sp³-hybridized carbons (Fsp3) is 0.421. The number of ether oxygens (including phenoxy) is 1. The lowest BCUT2D eigenvalue weighted by atomic mass is 10.0. The van der Waals surface area contributed by atoms with Crippen molar-refractivity contribution in [3.05, 3.63) is 52.9 Å². The number of aromatic nitrogens is 1. The van der Waals surface area contributed by atoms with E-state index < -0.39 is 6.04 Å². The molecule has 0 aliphatic rings. The number of nitrogens with one attached hydrogen (secondary N) is 1. The van der Waals surface area contributed by atoms with E-state index in [0.29, 0.717) is 23.4 Å². The second-order valence-electron chi connectivity index (χ2n) is 6.09. The molecule has 1 aromatic carbocycles. The Balaban J connectivity index is 2.22. The van der Waals surface area contributed by atoms with Gasteiger partial charge in [-0.25, -0.2) is 0 Å². The van der Waals surface area contributed by atoms with E-state index in [0.717, 1.165) is 5.56 Å². The second kappa shape index (κ2) is 8.46. The minimum Gasteiger partial charge on any atom is -0.463 e. The first kappa shape index (κ1) is 18.7. The van der Waals surface area contributed by atoms with Crippen LogP contribution in [0.4, 0.5) is 0 Å². The number of nitrogens with zero attached hydrogens (tertiary/aromatic N) is 1. The fourth-order valence-corrected chi connectivity index (χ4v) is 2.60. The van der Waals surface area contributed by atoms with Gasteiger partial charge in [-0.05, 0) is 32.8 Å². The first-order valence-corrected chi connectivity index (χ1v) is 8.42. The van der Waals surface area contributed by atoms with Gasteiger partial charge in [0.25, 0.3) is 5.91 Å². The van der Waals surface area contributed by atoms with Crippen molar-refractivity contribution in [3.8, 4) is 0 Å². The molecule has 0 aliphatic heterocycles. The summed E-state index contributed by atoms with van der Waals surface area (Å²) >= 11 is 0. The number of esters is 1. The minimum atomic E-state index is -0.487. The smallest absolute Gasteiger partial charge is 0.308 e. The van der Waals surface area contributed by atoms with Crippen LogP contribution in [0, 0.1) is 6.92 Å². The van der Waals surface area contributed by atoms with Crippen molar-refractivity contribution >= 4 is 11.9 Å². The first-order valence-electron chi connectivity index (χ1n) is 8.42. The third-order valence-electron chi connectivity index (χ3n) is 3.74. The average Bonchev–Trinajstić information content (AvgIpc) is 2.95. The maximum Gasteiger partial charge on any atom is 0.308 e. The van der Waals surface area contributed by atoms with Crippen LogP contribution in [0.3, 0.4) is 0 Å². The highest BCUT2D eigenvalue weighted by Crippen LogP contribution is 2.21. The molecule has 0 bridgehead atoms. The molecule has 6 nitrogen and oxygen atoms in total. The summed E-state index contributed by atoms with van der Waals surface area (Å²) in [4.78, 5) is 24.8. The van der Waals surface area contributed by atoms with E-state index in [4.69, 9.17) is 9.26 Å². The van der Waals surface area contributed by atoms with Gasteiger partial charge in [-0.1, -0.05) is 42.4 Å². The molecule has 1 aromatic heterocycles. The zero-order valence-corrected chi connectivity index (χ0v) is 15.0. The van der Waals surface area contributed by atoms with E-state index in [1.165, 1.54) is 0 Å². The van der Waals surface area contributed by atoms with Crippen LogP contribution in [0.2, 0.25) is 0 Å². The fourth-order valence-electron chi connectivity index (χ4n) is 2.60. The monoisotopic (exact) mass is 344 g/mol. The zero-order valence-electron chi connectivity index (χ0n) is 15.0. The van der Waals surface area contributed by atoms with E-state index in [9.17, 15) is 9.59 Å². The highest BCUT2D eigenvalue weighted by atomic mass is 16.5. The van der Waals surface area contributed by atoms with Gasteiger partial charge >= 0.3 is 5.97 Å². The molecular weight excluding hydrogens is 320 g/mol. The number of hydrogen-bond donors (Lipinski definition) is 1. The molecule has 134 valence electrons. The molecular formula is C19H24N2O4. The Kier molecular flexibility index (Phi) is 6.33. The molecule has 2 rings (SSSR count). The van der Waals surface area contributed by atoms with Gasteiger partial charge in [0.15, 0.2) is 0 Å². The third kappa shape index (κ3) is 4.92. The van der Waals surface area contributed by atoms with Gasteiger partial charge < -0.3 is 14.6 Å². The predicted molar refractivity (Wildman–Crippen MR) is 93.1 cm³/mol.